The van der Waals surface area contributed by atoms with E-state index in [1.165, 1.54) is 25.1 Å². The van der Waals surface area contributed by atoms with Gasteiger partial charge in [-0.15, -0.1) is 0 Å². The molecular formula is C11H9ClFN3O3S. The molecule has 0 aliphatic heterocycles. The molecule has 0 fully saturated rings. The molecule has 2 rings (SSSR count). The molecule has 0 spiro atoms. The lowest BCUT2D eigenvalue weighted by atomic mass is 10.2. The molecule has 0 saturated heterocycles. The van der Waals surface area contributed by atoms with E-state index in [0.29, 0.717) is 11.3 Å². The van der Waals surface area contributed by atoms with Gasteiger partial charge >= 0.3 is 0 Å². The molecule has 106 valence electrons. The summed E-state index contributed by atoms with van der Waals surface area (Å²) in [5.41, 5.74) is 0.762. The predicted molar refractivity (Wildman–Crippen MR) is 71.3 cm³/mol. The van der Waals surface area contributed by atoms with Crippen LogP contribution in [0.15, 0.2) is 29.4 Å². The minimum absolute atomic E-state index is 0.0539. The quantitative estimate of drug-likeness (QED) is 0.667. The highest BCUT2D eigenvalue weighted by Crippen LogP contribution is 2.26. The Hall–Kier alpha value is -1.77. The van der Waals surface area contributed by atoms with Crippen LogP contribution in [0.3, 0.4) is 0 Å². The van der Waals surface area contributed by atoms with Gasteiger partial charge in [-0.2, -0.15) is 12.8 Å². The molecule has 0 unspecified atom stereocenters. The van der Waals surface area contributed by atoms with Gasteiger partial charge in [0.25, 0.3) is 10.1 Å². The molecule has 1 aromatic carbocycles. The van der Waals surface area contributed by atoms with Crippen molar-refractivity contribution in [3.05, 3.63) is 41.1 Å². The molecule has 0 aliphatic rings. The van der Waals surface area contributed by atoms with Crippen molar-refractivity contribution in [2.45, 2.75) is 11.8 Å². The average molecular weight is 318 g/mol. The topological polar surface area (TPSA) is 92.2 Å². The third kappa shape index (κ3) is 3.03. The Morgan fingerprint density at radius 3 is 2.65 bits per heavy atom. The fourth-order valence-electron chi connectivity index (χ4n) is 1.59. The van der Waals surface area contributed by atoms with Crippen LogP contribution in [-0.4, -0.2) is 22.9 Å². The Kier molecular flexibility index (Phi) is 3.89. The summed E-state index contributed by atoms with van der Waals surface area (Å²) in [7, 11) is -4.28. The molecule has 2 N–H and O–H groups in total. The van der Waals surface area contributed by atoms with Gasteiger partial charge in [-0.25, -0.2) is 9.97 Å². The van der Waals surface area contributed by atoms with Crippen LogP contribution in [0.5, 0.6) is 0 Å². The molecule has 1 heterocycles. The van der Waals surface area contributed by atoms with E-state index in [2.05, 4.69) is 15.3 Å². The van der Waals surface area contributed by atoms with E-state index >= 15 is 0 Å². The number of nitrogens with zero attached hydrogens (tertiary/aromatic N) is 2. The lowest BCUT2D eigenvalue weighted by molar-refractivity contribution is 0.482. The fourth-order valence-corrected chi connectivity index (χ4v) is 2.44. The first-order chi connectivity index (χ1) is 9.29. The van der Waals surface area contributed by atoms with Crippen LogP contribution in [0.1, 0.15) is 5.56 Å². The van der Waals surface area contributed by atoms with E-state index in [-0.39, 0.29) is 15.7 Å². The summed E-state index contributed by atoms with van der Waals surface area (Å²) in [6.07, 6.45) is 1.00. The van der Waals surface area contributed by atoms with E-state index in [4.69, 9.17) is 16.2 Å². The lowest BCUT2D eigenvalue weighted by Crippen LogP contribution is -2.02. The van der Waals surface area contributed by atoms with Gasteiger partial charge in [-0.3, -0.25) is 4.55 Å². The van der Waals surface area contributed by atoms with Crippen LogP contribution >= 0.6 is 11.6 Å². The summed E-state index contributed by atoms with van der Waals surface area (Å²) in [5, 5.41) is 2.46. The average Bonchev–Trinajstić information content (AvgIpc) is 2.33. The largest absolute Gasteiger partial charge is 0.339 e. The van der Waals surface area contributed by atoms with Crippen molar-refractivity contribution in [3.8, 4) is 0 Å². The maximum Gasteiger partial charge on any atom is 0.294 e. The van der Waals surface area contributed by atoms with Crippen LogP contribution in [0.25, 0.3) is 0 Å². The standard InChI is InChI=1S/C11H9ClFN3O3S/c1-6-4-7(2-3-8(6)20(17,18)19)16-11-9(12)10(13)14-5-15-11/h2-5H,1H3,(H,14,15,16)(H,17,18,19). The summed E-state index contributed by atoms with van der Waals surface area (Å²) in [5.74, 6) is -0.811. The molecule has 0 atom stereocenters. The second-order valence-electron chi connectivity index (χ2n) is 3.91. The van der Waals surface area contributed by atoms with Crippen LogP contribution in [0.4, 0.5) is 15.9 Å². The third-order valence-electron chi connectivity index (χ3n) is 2.46. The van der Waals surface area contributed by atoms with Gasteiger partial charge in [0.1, 0.15) is 11.3 Å². The monoisotopic (exact) mass is 317 g/mol. The summed E-state index contributed by atoms with van der Waals surface area (Å²) in [4.78, 5) is 6.85. The van der Waals surface area contributed by atoms with Gasteiger partial charge in [0, 0.05) is 5.69 Å². The summed E-state index contributed by atoms with van der Waals surface area (Å²) < 4.78 is 44.3. The highest BCUT2D eigenvalue weighted by Gasteiger charge is 2.14. The van der Waals surface area contributed by atoms with Crippen LogP contribution in [0, 0.1) is 12.9 Å². The van der Waals surface area contributed by atoms with Crippen molar-refractivity contribution in [2.24, 2.45) is 0 Å². The minimum atomic E-state index is -4.28. The molecular weight excluding hydrogens is 309 g/mol. The number of aryl methyl sites for hydroxylation is 1. The van der Waals surface area contributed by atoms with Crippen LogP contribution in [-0.2, 0) is 10.1 Å². The number of hydrogen-bond donors (Lipinski definition) is 2. The number of nitrogens with one attached hydrogen (secondary N) is 1. The molecule has 2 aromatic rings. The van der Waals surface area contributed by atoms with E-state index in [1.54, 1.807) is 0 Å². The molecule has 0 aliphatic carbocycles. The van der Waals surface area contributed by atoms with E-state index in [1.807, 2.05) is 0 Å². The summed E-state index contributed by atoms with van der Waals surface area (Å²) in [6.45, 7) is 1.51. The molecule has 0 amide bonds. The Morgan fingerprint density at radius 1 is 1.35 bits per heavy atom. The summed E-state index contributed by atoms with van der Waals surface area (Å²) in [6, 6.07) is 4.07. The first-order valence-corrected chi connectivity index (χ1v) is 7.12. The molecule has 0 bridgehead atoms. The third-order valence-corrected chi connectivity index (χ3v) is 3.81. The van der Waals surface area contributed by atoms with Crippen molar-refractivity contribution in [1.82, 2.24) is 9.97 Å². The summed E-state index contributed by atoms with van der Waals surface area (Å²) >= 11 is 5.69. The van der Waals surface area contributed by atoms with Gasteiger partial charge in [-0.1, -0.05) is 11.6 Å². The fraction of sp³-hybridized carbons (Fsp3) is 0.0909. The Bertz CT molecular complexity index is 768. The van der Waals surface area contributed by atoms with Crippen LogP contribution < -0.4 is 5.32 Å². The van der Waals surface area contributed by atoms with Gasteiger partial charge in [0.2, 0.25) is 5.95 Å². The molecule has 9 heteroatoms. The smallest absolute Gasteiger partial charge is 0.294 e. The Balaban J connectivity index is 2.36. The molecule has 0 radical (unpaired) electrons. The lowest BCUT2D eigenvalue weighted by Gasteiger charge is -2.09. The zero-order valence-electron chi connectivity index (χ0n) is 10.1. The van der Waals surface area contributed by atoms with Gasteiger partial charge in [0.15, 0.2) is 5.82 Å². The zero-order chi connectivity index (χ0) is 14.9. The first-order valence-electron chi connectivity index (χ1n) is 5.30. The number of anilines is 2. The first kappa shape index (κ1) is 14.6. The number of benzene rings is 1. The van der Waals surface area contributed by atoms with Crippen LogP contribution in [0.2, 0.25) is 5.02 Å². The minimum Gasteiger partial charge on any atom is -0.339 e. The van der Waals surface area contributed by atoms with Crippen molar-refractivity contribution >= 4 is 33.2 Å². The van der Waals surface area contributed by atoms with Crippen molar-refractivity contribution in [3.63, 3.8) is 0 Å². The SMILES string of the molecule is Cc1cc(Nc2ncnc(F)c2Cl)ccc1S(=O)(=O)O. The normalized spacial score (nSPS) is 11.4. The highest BCUT2D eigenvalue weighted by molar-refractivity contribution is 7.85. The maximum absolute atomic E-state index is 13.1. The number of rotatable bonds is 3. The van der Waals surface area contributed by atoms with E-state index in [9.17, 15) is 12.8 Å². The Labute approximate surface area is 119 Å². The number of aromatic nitrogens is 2. The zero-order valence-corrected chi connectivity index (χ0v) is 11.7. The van der Waals surface area contributed by atoms with Crippen molar-refractivity contribution < 1.29 is 17.4 Å². The second-order valence-corrected chi connectivity index (χ2v) is 5.68. The van der Waals surface area contributed by atoms with Gasteiger partial charge in [0.05, 0.1) is 4.90 Å². The highest BCUT2D eigenvalue weighted by atomic mass is 35.5. The van der Waals surface area contributed by atoms with Crippen molar-refractivity contribution in [2.75, 3.05) is 5.32 Å². The molecule has 1 aromatic heterocycles. The molecule has 20 heavy (non-hydrogen) atoms. The molecule has 0 saturated carbocycles. The van der Waals surface area contributed by atoms with E-state index in [0.717, 1.165) is 6.33 Å². The maximum atomic E-state index is 13.1. The van der Waals surface area contributed by atoms with Gasteiger partial charge < -0.3 is 5.32 Å². The molecule has 6 nitrogen and oxygen atoms in total. The van der Waals surface area contributed by atoms with E-state index < -0.39 is 16.1 Å². The number of hydrogen-bond acceptors (Lipinski definition) is 5. The Morgan fingerprint density at radius 2 is 2.05 bits per heavy atom. The predicted octanol–water partition coefficient (Wildman–Crippen LogP) is 2.57. The van der Waals surface area contributed by atoms with Crippen molar-refractivity contribution in [1.29, 1.82) is 0 Å². The van der Waals surface area contributed by atoms with Gasteiger partial charge in [-0.05, 0) is 30.7 Å². The second kappa shape index (κ2) is 5.31. The number of halogens is 2.